The molecule has 1 aromatic carbocycles. The fraction of sp³-hybridized carbons (Fsp3) is 0.357. The Morgan fingerprint density at radius 3 is 2.65 bits per heavy atom. The maximum atomic E-state index is 11.2. The Morgan fingerprint density at radius 1 is 1.41 bits per heavy atom. The molecule has 0 heterocycles. The van der Waals surface area contributed by atoms with Crippen LogP contribution < -0.4 is 0 Å². The van der Waals surface area contributed by atoms with Gasteiger partial charge in [-0.3, -0.25) is 4.79 Å². The van der Waals surface area contributed by atoms with E-state index >= 15 is 0 Å². The molecule has 1 aromatic rings. The summed E-state index contributed by atoms with van der Waals surface area (Å²) in [4.78, 5) is 11.2. The summed E-state index contributed by atoms with van der Waals surface area (Å²) in [5.74, 6) is -0.883. The third kappa shape index (κ3) is 4.41. The number of ether oxygens (including phenoxy) is 1. The second-order valence-electron chi connectivity index (χ2n) is 3.93. The molecule has 17 heavy (non-hydrogen) atoms. The highest BCUT2D eigenvalue weighted by Gasteiger charge is 2.21. The largest absolute Gasteiger partial charge is 0.469 e. The maximum Gasteiger partial charge on any atom is 0.311 e. The third-order valence-corrected chi connectivity index (χ3v) is 2.64. The van der Waals surface area contributed by atoms with E-state index in [0.29, 0.717) is 6.42 Å². The van der Waals surface area contributed by atoms with Crippen molar-refractivity contribution in [2.45, 2.75) is 19.4 Å². The molecule has 0 saturated heterocycles. The molecule has 3 nitrogen and oxygen atoms in total. The number of carbonyl (C=O) groups is 1. The first kappa shape index (κ1) is 13.5. The number of aliphatic hydroxyl groups is 1. The van der Waals surface area contributed by atoms with E-state index in [1.165, 1.54) is 7.11 Å². The zero-order valence-corrected chi connectivity index (χ0v) is 10.2. The molecule has 0 aliphatic carbocycles. The first-order valence-electron chi connectivity index (χ1n) is 5.62. The molecule has 0 bridgehead atoms. The quantitative estimate of drug-likeness (QED) is 0.795. The highest BCUT2D eigenvalue weighted by Crippen LogP contribution is 2.11. The first-order valence-corrected chi connectivity index (χ1v) is 5.62. The molecule has 0 unspecified atom stereocenters. The minimum absolute atomic E-state index is 0.384. The first-order chi connectivity index (χ1) is 8.15. The predicted octanol–water partition coefficient (Wildman–Crippen LogP) is 2.26. The van der Waals surface area contributed by atoms with Crippen molar-refractivity contribution < 1.29 is 14.6 Å². The van der Waals surface area contributed by atoms with Crippen LogP contribution in [0.4, 0.5) is 0 Å². The molecule has 1 rings (SSSR count). The lowest BCUT2D eigenvalue weighted by Crippen LogP contribution is -2.26. The highest BCUT2D eigenvalue weighted by molar-refractivity contribution is 5.72. The molecule has 3 heteroatoms. The number of hydrogen-bond acceptors (Lipinski definition) is 3. The maximum absolute atomic E-state index is 11.2. The number of aliphatic hydroxyl groups excluding tert-OH is 1. The lowest BCUT2D eigenvalue weighted by atomic mass is 10.0. The average Bonchev–Trinajstić information content (AvgIpc) is 2.38. The van der Waals surface area contributed by atoms with Gasteiger partial charge in [0, 0.05) is 0 Å². The zero-order valence-electron chi connectivity index (χ0n) is 10.2. The van der Waals surface area contributed by atoms with Crippen molar-refractivity contribution in [2.75, 3.05) is 7.11 Å². The molecule has 92 valence electrons. The summed E-state index contributed by atoms with van der Waals surface area (Å²) in [6.45, 7) is 1.66. The number of methoxy groups -OCH3 is 1. The summed E-state index contributed by atoms with van der Waals surface area (Å²) in [5, 5.41) is 9.75. The van der Waals surface area contributed by atoms with Crippen LogP contribution in [0.3, 0.4) is 0 Å². The minimum Gasteiger partial charge on any atom is -0.469 e. The van der Waals surface area contributed by atoms with Crippen molar-refractivity contribution in [3.05, 3.63) is 42.0 Å². The molecule has 0 amide bonds. The molecular formula is C14H18O3. The van der Waals surface area contributed by atoms with Gasteiger partial charge < -0.3 is 9.84 Å². The predicted molar refractivity (Wildman–Crippen MR) is 67.3 cm³/mol. The Labute approximate surface area is 102 Å². The highest BCUT2D eigenvalue weighted by atomic mass is 16.5. The lowest BCUT2D eigenvalue weighted by molar-refractivity contribution is -0.148. The van der Waals surface area contributed by atoms with E-state index in [4.69, 9.17) is 0 Å². The summed E-state index contributed by atoms with van der Waals surface area (Å²) in [6, 6.07) is 9.81. The topological polar surface area (TPSA) is 46.5 Å². The molecule has 0 aliphatic rings. The number of rotatable bonds is 5. The van der Waals surface area contributed by atoms with Gasteiger partial charge in [0.05, 0.1) is 19.1 Å². The van der Waals surface area contributed by atoms with Crippen LogP contribution in [-0.4, -0.2) is 24.3 Å². The molecule has 0 aromatic heterocycles. The lowest BCUT2D eigenvalue weighted by Gasteiger charge is -2.14. The second kappa shape index (κ2) is 6.86. The molecule has 0 spiro atoms. The molecular weight excluding hydrogens is 216 g/mol. The van der Waals surface area contributed by atoms with Gasteiger partial charge in [0.2, 0.25) is 0 Å². The van der Waals surface area contributed by atoms with Gasteiger partial charge in [0.1, 0.15) is 0 Å². The van der Waals surface area contributed by atoms with Crippen molar-refractivity contribution in [3.63, 3.8) is 0 Å². The number of esters is 1. The van der Waals surface area contributed by atoms with E-state index in [1.54, 1.807) is 6.92 Å². The van der Waals surface area contributed by atoms with Crippen LogP contribution in [0, 0.1) is 5.92 Å². The smallest absolute Gasteiger partial charge is 0.311 e. The minimum atomic E-state index is -0.706. The molecule has 0 saturated carbocycles. The van der Waals surface area contributed by atoms with Crippen LogP contribution in [0.1, 0.15) is 18.9 Å². The summed E-state index contributed by atoms with van der Waals surface area (Å²) in [7, 11) is 1.32. The summed E-state index contributed by atoms with van der Waals surface area (Å²) < 4.78 is 4.57. The number of hydrogen-bond donors (Lipinski definition) is 1. The molecule has 0 radical (unpaired) electrons. The third-order valence-electron chi connectivity index (χ3n) is 2.64. The van der Waals surface area contributed by atoms with Gasteiger partial charge in [0.25, 0.3) is 0 Å². The van der Waals surface area contributed by atoms with Crippen molar-refractivity contribution in [3.8, 4) is 0 Å². The van der Waals surface area contributed by atoms with Crippen LogP contribution in [0.25, 0.3) is 6.08 Å². The van der Waals surface area contributed by atoms with E-state index in [9.17, 15) is 9.90 Å². The van der Waals surface area contributed by atoms with Crippen LogP contribution in [0.15, 0.2) is 36.4 Å². The number of benzene rings is 1. The fourth-order valence-electron chi connectivity index (χ4n) is 1.45. The normalized spacial score (nSPS) is 14.5. The van der Waals surface area contributed by atoms with Gasteiger partial charge in [0.15, 0.2) is 0 Å². The molecule has 0 aliphatic heterocycles. The van der Waals surface area contributed by atoms with Gasteiger partial charge in [-0.05, 0) is 18.9 Å². The standard InChI is InChI=1S/C14H18O3/c1-11(14(16)17-2)13(15)10-6-9-12-7-4-3-5-8-12/h3-9,11,13,15H,10H2,1-2H3/b9-6+/t11-,13+/m1/s1. The Bertz CT molecular complexity index is 370. The van der Waals surface area contributed by atoms with Crippen LogP contribution in [0.5, 0.6) is 0 Å². The molecule has 0 fully saturated rings. The van der Waals surface area contributed by atoms with E-state index in [2.05, 4.69) is 4.74 Å². The van der Waals surface area contributed by atoms with Crippen molar-refractivity contribution in [1.82, 2.24) is 0 Å². The van der Waals surface area contributed by atoms with E-state index in [1.807, 2.05) is 42.5 Å². The Kier molecular flexibility index (Phi) is 5.43. The van der Waals surface area contributed by atoms with Crippen LogP contribution >= 0.6 is 0 Å². The van der Waals surface area contributed by atoms with Crippen LogP contribution in [0.2, 0.25) is 0 Å². The van der Waals surface area contributed by atoms with Crippen molar-refractivity contribution >= 4 is 12.0 Å². The van der Waals surface area contributed by atoms with E-state index in [0.717, 1.165) is 5.56 Å². The van der Waals surface area contributed by atoms with Crippen molar-refractivity contribution in [2.24, 2.45) is 5.92 Å². The summed E-state index contributed by atoms with van der Waals surface area (Å²) in [6.07, 6.45) is 3.51. The van der Waals surface area contributed by atoms with Crippen molar-refractivity contribution in [1.29, 1.82) is 0 Å². The Morgan fingerprint density at radius 2 is 2.06 bits per heavy atom. The van der Waals surface area contributed by atoms with Gasteiger partial charge in [-0.15, -0.1) is 0 Å². The van der Waals surface area contributed by atoms with Gasteiger partial charge >= 0.3 is 5.97 Å². The summed E-state index contributed by atoms with van der Waals surface area (Å²) >= 11 is 0. The van der Waals surface area contributed by atoms with Gasteiger partial charge in [-0.2, -0.15) is 0 Å². The zero-order chi connectivity index (χ0) is 12.7. The van der Waals surface area contributed by atoms with E-state index in [-0.39, 0.29) is 5.97 Å². The van der Waals surface area contributed by atoms with Crippen LogP contribution in [-0.2, 0) is 9.53 Å². The van der Waals surface area contributed by atoms with E-state index < -0.39 is 12.0 Å². The second-order valence-corrected chi connectivity index (χ2v) is 3.93. The monoisotopic (exact) mass is 234 g/mol. The SMILES string of the molecule is COC(=O)[C@H](C)[C@@H](O)C/C=C/c1ccccc1. The molecule has 2 atom stereocenters. The van der Waals surface area contributed by atoms with Gasteiger partial charge in [-0.25, -0.2) is 0 Å². The molecule has 1 N–H and O–H groups in total. The Balaban J connectivity index is 2.45. The summed E-state index contributed by atoms with van der Waals surface area (Å²) in [5.41, 5.74) is 1.07. The fourth-order valence-corrected chi connectivity index (χ4v) is 1.45. The Hall–Kier alpha value is -1.61. The van der Waals surface area contributed by atoms with Gasteiger partial charge in [-0.1, -0.05) is 42.5 Å². The number of carbonyl (C=O) groups excluding carboxylic acids is 1. The average molecular weight is 234 g/mol.